The first-order valence-corrected chi connectivity index (χ1v) is 7.77. The van der Waals surface area contributed by atoms with Gasteiger partial charge in [0.05, 0.1) is 7.11 Å². The van der Waals surface area contributed by atoms with Crippen molar-refractivity contribution in [3.63, 3.8) is 0 Å². The third kappa shape index (κ3) is 4.14. The lowest BCUT2D eigenvalue weighted by Crippen LogP contribution is -2.38. The van der Waals surface area contributed by atoms with Crippen LogP contribution in [0.15, 0.2) is 18.2 Å². The summed E-state index contributed by atoms with van der Waals surface area (Å²) in [6.45, 7) is 5.38. The van der Waals surface area contributed by atoms with Gasteiger partial charge in [-0.1, -0.05) is 13.0 Å². The first-order valence-electron chi connectivity index (χ1n) is 7.77. The van der Waals surface area contributed by atoms with Gasteiger partial charge in [0, 0.05) is 6.04 Å². The Morgan fingerprint density at radius 3 is 2.85 bits per heavy atom. The summed E-state index contributed by atoms with van der Waals surface area (Å²) in [4.78, 5) is 0. The molecular weight excluding hydrogens is 250 g/mol. The molecule has 1 aromatic carbocycles. The van der Waals surface area contributed by atoms with Crippen molar-refractivity contribution < 1.29 is 9.47 Å². The number of methoxy groups -OCH3 is 1. The lowest BCUT2D eigenvalue weighted by molar-refractivity contribution is 0.130. The van der Waals surface area contributed by atoms with Gasteiger partial charge in [0.15, 0.2) is 11.5 Å². The molecule has 1 aromatic rings. The number of nitrogens with one attached hydrogen (secondary N) is 1. The standard InChI is InChI=1S/C17H27NO2/c1-4-10-18-14-6-5-7-15(12-14)20-16-9-8-13(2)11-17(16)19-3/h8-9,11,14-15,18H,4-7,10,12H2,1-3H3. The maximum absolute atomic E-state index is 6.18. The van der Waals surface area contributed by atoms with Crippen LogP contribution in [-0.4, -0.2) is 25.8 Å². The molecule has 1 aliphatic rings. The van der Waals surface area contributed by atoms with Gasteiger partial charge in [-0.3, -0.25) is 0 Å². The maximum atomic E-state index is 6.18. The van der Waals surface area contributed by atoms with E-state index in [2.05, 4.69) is 25.2 Å². The van der Waals surface area contributed by atoms with E-state index in [1.807, 2.05) is 12.1 Å². The molecular formula is C17H27NO2. The molecule has 20 heavy (non-hydrogen) atoms. The fraction of sp³-hybridized carbons (Fsp3) is 0.647. The predicted octanol–water partition coefficient (Wildman–Crippen LogP) is 3.69. The van der Waals surface area contributed by atoms with Crippen molar-refractivity contribution in [3.8, 4) is 11.5 Å². The van der Waals surface area contributed by atoms with E-state index in [0.29, 0.717) is 12.1 Å². The van der Waals surface area contributed by atoms with Crippen molar-refractivity contribution in [3.05, 3.63) is 23.8 Å². The molecule has 3 heteroatoms. The molecule has 0 spiro atoms. The Morgan fingerprint density at radius 2 is 2.10 bits per heavy atom. The highest BCUT2D eigenvalue weighted by Crippen LogP contribution is 2.31. The molecule has 0 radical (unpaired) electrons. The van der Waals surface area contributed by atoms with E-state index < -0.39 is 0 Å². The lowest BCUT2D eigenvalue weighted by Gasteiger charge is -2.30. The van der Waals surface area contributed by atoms with Gasteiger partial charge in [0.1, 0.15) is 6.10 Å². The van der Waals surface area contributed by atoms with Gasteiger partial charge in [-0.05, 0) is 63.3 Å². The maximum Gasteiger partial charge on any atom is 0.161 e. The SMILES string of the molecule is CCCNC1CCCC(Oc2ccc(C)cc2OC)C1. The number of hydrogen-bond acceptors (Lipinski definition) is 3. The number of benzene rings is 1. The van der Waals surface area contributed by atoms with Crippen molar-refractivity contribution >= 4 is 0 Å². The van der Waals surface area contributed by atoms with Crippen LogP contribution >= 0.6 is 0 Å². The van der Waals surface area contributed by atoms with Crippen LogP contribution in [-0.2, 0) is 0 Å². The molecule has 112 valence electrons. The van der Waals surface area contributed by atoms with Crippen LogP contribution in [0.4, 0.5) is 0 Å². The van der Waals surface area contributed by atoms with E-state index in [-0.39, 0.29) is 0 Å². The monoisotopic (exact) mass is 277 g/mol. The van der Waals surface area contributed by atoms with Gasteiger partial charge in [0.2, 0.25) is 0 Å². The Hall–Kier alpha value is -1.22. The average molecular weight is 277 g/mol. The minimum absolute atomic E-state index is 0.301. The van der Waals surface area contributed by atoms with Crippen molar-refractivity contribution in [2.45, 2.75) is 58.1 Å². The van der Waals surface area contributed by atoms with Crippen LogP contribution in [0.25, 0.3) is 0 Å². The Kier molecular flexibility index (Phi) is 5.72. The summed E-state index contributed by atoms with van der Waals surface area (Å²) in [5.74, 6) is 1.72. The third-order valence-electron chi connectivity index (χ3n) is 3.92. The van der Waals surface area contributed by atoms with Gasteiger partial charge in [-0.15, -0.1) is 0 Å². The molecule has 2 rings (SSSR count). The molecule has 2 unspecified atom stereocenters. The summed E-state index contributed by atoms with van der Waals surface area (Å²) >= 11 is 0. The zero-order valence-corrected chi connectivity index (χ0v) is 12.9. The van der Waals surface area contributed by atoms with Gasteiger partial charge in [-0.25, -0.2) is 0 Å². The smallest absolute Gasteiger partial charge is 0.161 e. The molecule has 0 heterocycles. The first-order chi connectivity index (χ1) is 9.72. The lowest BCUT2D eigenvalue weighted by atomic mass is 9.92. The van der Waals surface area contributed by atoms with Crippen LogP contribution in [0.2, 0.25) is 0 Å². The second kappa shape index (κ2) is 7.53. The van der Waals surface area contributed by atoms with Crippen molar-refractivity contribution in [1.29, 1.82) is 0 Å². The summed E-state index contributed by atoms with van der Waals surface area (Å²) in [6.07, 6.45) is 6.23. The van der Waals surface area contributed by atoms with Crippen LogP contribution in [0.3, 0.4) is 0 Å². The van der Waals surface area contributed by atoms with E-state index in [4.69, 9.17) is 9.47 Å². The van der Waals surface area contributed by atoms with Gasteiger partial charge < -0.3 is 14.8 Å². The number of rotatable bonds is 6. The molecule has 2 atom stereocenters. The van der Waals surface area contributed by atoms with Crippen LogP contribution < -0.4 is 14.8 Å². The van der Waals surface area contributed by atoms with Crippen LogP contribution in [0.5, 0.6) is 11.5 Å². The predicted molar refractivity (Wildman–Crippen MR) is 82.7 cm³/mol. The quantitative estimate of drug-likeness (QED) is 0.860. The van der Waals surface area contributed by atoms with E-state index in [1.54, 1.807) is 7.11 Å². The van der Waals surface area contributed by atoms with Crippen LogP contribution in [0.1, 0.15) is 44.6 Å². The van der Waals surface area contributed by atoms with E-state index in [9.17, 15) is 0 Å². The number of ether oxygens (including phenoxy) is 2. The Morgan fingerprint density at radius 1 is 1.25 bits per heavy atom. The molecule has 0 saturated heterocycles. The largest absolute Gasteiger partial charge is 0.493 e. The van der Waals surface area contributed by atoms with E-state index in [1.165, 1.54) is 24.8 Å². The highest BCUT2D eigenvalue weighted by molar-refractivity contribution is 5.42. The molecule has 0 aliphatic heterocycles. The molecule has 1 aliphatic carbocycles. The summed E-state index contributed by atoms with van der Waals surface area (Å²) in [6, 6.07) is 6.74. The minimum atomic E-state index is 0.301. The van der Waals surface area contributed by atoms with E-state index in [0.717, 1.165) is 30.9 Å². The highest BCUT2D eigenvalue weighted by atomic mass is 16.5. The second-order valence-electron chi connectivity index (χ2n) is 5.71. The zero-order valence-electron chi connectivity index (χ0n) is 12.9. The fourth-order valence-electron chi connectivity index (χ4n) is 2.84. The highest BCUT2D eigenvalue weighted by Gasteiger charge is 2.23. The summed E-state index contributed by atoms with van der Waals surface area (Å²) in [5.41, 5.74) is 1.19. The second-order valence-corrected chi connectivity index (χ2v) is 5.71. The molecule has 0 amide bonds. The Balaban J connectivity index is 1.95. The van der Waals surface area contributed by atoms with Gasteiger partial charge >= 0.3 is 0 Å². The average Bonchev–Trinajstić information content (AvgIpc) is 2.47. The molecule has 1 N–H and O–H groups in total. The molecule has 0 bridgehead atoms. The third-order valence-corrected chi connectivity index (χ3v) is 3.92. The Labute approximate surface area is 122 Å². The summed E-state index contributed by atoms with van der Waals surface area (Å²) < 4.78 is 11.6. The van der Waals surface area contributed by atoms with Crippen molar-refractivity contribution in [2.75, 3.05) is 13.7 Å². The van der Waals surface area contributed by atoms with Crippen molar-refractivity contribution in [2.24, 2.45) is 0 Å². The Bertz CT molecular complexity index is 419. The molecule has 0 aromatic heterocycles. The van der Waals surface area contributed by atoms with Crippen LogP contribution in [0, 0.1) is 6.92 Å². The van der Waals surface area contributed by atoms with Gasteiger partial charge in [-0.2, -0.15) is 0 Å². The number of hydrogen-bond donors (Lipinski definition) is 1. The zero-order chi connectivity index (χ0) is 14.4. The normalized spacial score (nSPS) is 22.6. The minimum Gasteiger partial charge on any atom is -0.493 e. The van der Waals surface area contributed by atoms with Crippen molar-refractivity contribution in [1.82, 2.24) is 5.32 Å². The summed E-state index contributed by atoms with van der Waals surface area (Å²) in [5, 5.41) is 3.61. The topological polar surface area (TPSA) is 30.5 Å². The van der Waals surface area contributed by atoms with Gasteiger partial charge in [0.25, 0.3) is 0 Å². The fourth-order valence-corrected chi connectivity index (χ4v) is 2.84. The van der Waals surface area contributed by atoms with E-state index >= 15 is 0 Å². The number of aryl methyl sites for hydroxylation is 1. The molecule has 1 saturated carbocycles. The molecule has 1 fully saturated rings. The molecule has 3 nitrogen and oxygen atoms in total. The summed E-state index contributed by atoms with van der Waals surface area (Å²) in [7, 11) is 1.70. The first kappa shape index (κ1) is 15.2.